The molecule has 1 heterocycles. The molecule has 0 aliphatic carbocycles. The summed E-state index contributed by atoms with van der Waals surface area (Å²) >= 11 is 1.11. The normalized spacial score (nSPS) is 11.1. The van der Waals surface area contributed by atoms with Crippen LogP contribution in [0.2, 0.25) is 0 Å². The van der Waals surface area contributed by atoms with Crippen LogP contribution in [0, 0.1) is 0 Å². The predicted octanol–water partition coefficient (Wildman–Crippen LogP) is 4.91. The highest BCUT2D eigenvalue weighted by Crippen LogP contribution is 2.35. The van der Waals surface area contributed by atoms with Gasteiger partial charge in [0.1, 0.15) is 16.5 Å². The van der Waals surface area contributed by atoms with E-state index in [9.17, 15) is 18.0 Å². The molecule has 31 heavy (non-hydrogen) atoms. The number of halogens is 3. The Labute approximate surface area is 180 Å². The van der Waals surface area contributed by atoms with Crippen molar-refractivity contribution in [2.45, 2.75) is 11.2 Å². The molecule has 0 atom stereocenters. The van der Waals surface area contributed by atoms with Gasteiger partial charge in [0.15, 0.2) is 0 Å². The molecular formula is C21H18F3N3O3S. The zero-order valence-electron chi connectivity index (χ0n) is 16.6. The first-order valence-electron chi connectivity index (χ1n) is 8.96. The highest BCUT2D eigenvalue weighted by Gasteiger charge is 2.31. The minimum atomic E-state index is -4.53. The molecule has 0 bridgehead atoms. The number of hydrogen-bond acceptors (Lipinski definition) is 6. The van der Waals surface area contributed by atoms with Crippen LogP contribution in [-0.4, -0.2) is 36.1 Å². The minimum Gasteiger partial charge on any atom is -0.497 e. The number of rotatable bonds is 7. The number of anilines is 1. The molecule has 10 heteroatoms. The van der Waals surface area contributed by atoms with E-state index in [0.29, 0.717) is 10.7 Å². The Hall–Kier alpha value is -3.27. The number of hydrogen-bond donors (Lipinski definition) is 1. The molecule has 0 saturated heterocycles. The Kier molecular flexibility index (Phi) is 7.01. The number of methoxy groups -OCH3 is 2. The van der Waals surface area contributed by atoms with E-state index in [1.807, 2.05) is 24.3 Å². The fourth-order valence-electron chi connectivity index (χ4n) is 2.62. The van der Waals surface area contributed by atoms with Crippen molar-refractivity contribution in [2.75, 3.05) is 25.3 Å². The van der Waals surface area contributed by atoms with Crippen molar-refractivity contribution in [1.29, 1.82) is 0 Å². The van der Waals surface area contributed by atoms with Gasteiger partial charge in [-0.05, 0) is 54.6 Å². The van der Waals surface area contributed by atoms with Crippen LogP contribution in [0.15, 0.2) is 59.6 Å². The second-order valence-corrected chi connectivity index (χ2v) is 7.23. The number of alkyl halides is 3. The van der Waals surface area contributed by atoms with Gasteiger partial charge >= 0.3 is 6.18 Å². The molecule has 6 nitrogen and oxygen atoms in total. The van der Waals surface area contributed by atoms with E-state index in [-0.39, 0.29) is 17.2 Å². The Morgan fingerprint density at radius 2 is 1.74 bits per heavy atom. The summed E-state index contributed by atoms with van der Waals surface area (Å²) in [5.41, 5.74) is 0.587. The summed E-state index contributed by atoms with van der Waals surface area (Å²) in [7, 11) is 2.90. The van der Waals surface area contributed by atoms with Crippen LogP contribution in [-0.2, 0) is 11.0 Å². The zero-order valence-corrected chi connectivity index (χ0v) is 17.4. The molecule has 0 aliphatic rings. The average Bonchev–Trinajstić information content (AvgIpc) is 2.77. The molecule has 162 valence electrons. The van der Waals surface area contributed by atoms with Gasteiger partial charge < -0.3 is 14.8 Å². The predicted molar refractivity (Wildman–Crippen MR) is 111 cm³/mol. The second kappa shape index (κ2) is 9.69. The Morgan fingerprint density at radius 1 is 1.00 bits per heavy atom. The largest absolute Gasteiger partial charge is 0.497 e. The van der Waals surface area contributed by atoms with Crippen LogP contribution < -0.4 is 14.8 Å². The number of nitrogens with zero attached hydrogens (tertiary/aromatic N) is 2. The van der Waals surface area contributed by atoms with Crippen molar-refractivity contribution in [3.63, 3.8) is 0 Å². The lowest BCUT2D eigenvalue weighted by atomic mass is 10.1. The summed E-state index contributed by atoms with van der Waals surface area (Å²) in [5.74, 6) is 0.307. The van der Waals surface area contributed by atoms with Crippen LogP contribution in [0.5, 0.6) is 11.5 Å². The molecule has 3 aromatic rings. The van der Waals surface area contributed by atoms with Crippen molar-refractivity contribution < 1.29 is 27.4 Å². The lowest BCUT2D eigenvalue weighted by molar-refractivity contribution is -0.137. The second-order valence-electron chi connectivity index (χ2n) is 6.23. The third kappa shape index (κ3) is 5.88. The molecular weight excluding hydrogens is 431 g/mol. The van der Waals surface area contributed by atoms with Crippen LogP contribution >= 0.6 is 11.8 Å². The topological polar surface area (TPSA) is 73.3 Å². The third-order valence-corrected chi connectivity index (χ3v) is 5.10. The summed E-state index contributed by atoms with van der Waals surface area (Å²) in [6, 6.07) is 13.7. The van der Waals surface area contributed by atoms with Crippen LogP contribution in [0.25, 0.3) is 11.3 Å². The number of thioether (sulfide) groups is 1. The summed E-state index contributed by atoms with van der Waals surface area (Å²) in [6.45, 7) is 0. The van der Waals surface area contributed by atoms with Gasteiger partial charge in [-0.3, -0.25) is 4.79 Å². The lowest BCUT2D eigenvalue weighted by Crippen LogP contribution is -2.16. The average molecular weight is 449 g/mol. The fraction of sp³-hybridized carbons (Fsp3) is 0.190. The number of ether oxygens (including phenoxy) is 2. The van der Waals surface area contributed by atoms with Crippen molar-refractivity contribution in [3.8, 4) is 22.8 Å². The van der Waals surface area contributed by atoms with E-state index in [1.165, 1.54) is 7.11 Å². The first kappa shape index (κ1) is 22.4. The number of carbonyl (C=O) groups excluding carboxylic acids is 1. The van der Waals surface area contributed by atoms with Crippen molar-refractivity contribution in [2.24, 2.45) is 0 Å². The molecule has 0 spiro atoms. The molecule has 0 fully saturated rings. The SMILES string of the molecule is COc1ccc(-c2ccc(SCC(=O)Nc3cc(C(F)(F)F)ccc3OC)nn2)cc1. The number of benzene rings is 2. The van der Waals surface area contributed by atoms with Crippen molar-refractivity contribution in [3.05, 3.63) is 60.2 Å². The zero-order chi connectivity index (χ0) is 22.4. The first-order valence-corrected chi connectivity index (χ1v) is 9.95. The van der Waals surface area contributed by atoms with E-state index in [2.05, 4.69) is 15.5 Å². The maximum absolute atomic E-state index is 12.9. The van der Waals surface area contributed by atoms with Gasteiger partial charge in [0.25, 0.3) is 0 Å². The maximum atomic E-state index is 12.9. The van der Waals surface area contributed by atoms with E-state index < -0.39 is 17.6 Å². The van der Waals surface area contributed by atoms with E-state index in [1.54, 1.807) is 19.2 Å². The number of amides is 1. The van der Waals surface area contributed by atoms with E-state index in [0.717, 1.165) is 41.3 Å². The molecule has 0 unspecified atom stereocenters. The maximum Gasteiger partial charge on any atom is 0.416 e. The molecule has 0 aliphatic heterocycles. The molecule has 3 rings (SSSR count). The molecule has 1 aromatic heterocycles. The standard InChI is InChI=1S/C21H18F3N3O3S/c1-29-15-6-3-13(4-7-15)16-8-10-20(27-26-16)31-12-19(28)25-17-11-14(21(22,23)24)5-9-18(17)30-2/h3-11H,12H2,1-2H3,(H,25,28). The third-order valence-electron chi connectivity index (χ3n) is 4.18. The quantitative estimate of drug-likeness (QED) is 0.517. The van der Waals surface area contributed by atoms with E-state index >= 15 is 0 Å². The summed E-state index contributed by atoms with van der Waals surface area (Å²) < 4.78 is 48.9. The first-order chi connectivity index (χ1) is 14.8. The Bertz CT molecular complexity index is 1040. The van der Waals surface area contributed by atoms with Crippen LogP contribution in [0.3, 0.4) is 0 Å². The smallest absolute Gasteiger partial charge is 0.416 e. The van der Waals surface area contributed by atoms with Gasteiger partial charge in [-0.15, -0.1) is 10.2 Å². The fourth-order valence-corrected chi connectivity index (χ4v) is 3.23. The van der Waals surface area contributed by atoms with Gasteiger partial charge in [-0.2, -0.15) is 13.2 Å². The Morgan fingerprint density at radius 3 is 2.32 bits per heavy atom. The molecule has 0 radical (unpaired) electrons. The highest BCUT2D eigenvalue weighted by atomic mass is 32.2. The van der Waals surface area contributed by atoms with Gasteiger partial charge in [0.2, 0.25) is 5.91 Å². The highest BCUT2D eigenvalue weighted by molar-refractivity contribution is 7.99. The van der Waals surface area contributed by atoms with E-state index in [4.69, 9.17) is 9.47 Å². The van der Waals surface area contributed by atoms with Crippen LogP contribution in [0.4, 0.5) is 18.9 Å². The Balaban J connectivity index is 1.62. The van der Waals surface area contributed by atoms with Gasteiger partial charge in [0, 0.05) is 5.56 Å². The molecule has 1 amide bonds. The minimum absolute atomic E-state index is 0.0520. The van der Waals surface area contributed by atoms with Crippen molar-refractivity contribution >= 4 is 23.4 Å². The summed E-state index contributed by atoms with van der Waals surface area (Å²) in [5, 5.41) is 11.2. The monoisotopic (exact) mass is 449 g/mol. The molecule has 1 N–H and O–H groups in total. The van der Waals surface area contributed by atoms with Gasteiger partial charge in [0.05, 0.1) is 36.9 Å². The lowest BCUT2D eigenvalue weighted by Gasteiger charge is -2.13. The number of nitrogens with one attached hydrogen (secondary N) is 1. The number of aromatic nitrogens is 2. The van der Waals surface area contributed by atoms with Crippen LogP contribution in [0.1, 0.15) is 5.56 Å². The summed E-state index contributed by atoms with van der Waals surface area (Å²) in [4.78, 5) is 12.2. The summed E-state index contributed by atoms with van der Waals surface area (Å²) in [6.07, 6.45) is -4.53. The number of carbonyl (C=O) groups is 1. The van der Waals surface area contributed by atoms with Gasteiger partial charge in [-0.25, -0.2) is 0 Å². The molecule has 2 aromatic carbocycles. The van der Waals surface area contributed by atoms with Crippen molar-refractivity contribution in [1.82, 2.24) is 10.2 Å². The molecule has 0 saturated carbocycles. The van der Waals surface area contributed by atoms with Gasteiger partial charge in [-0.1, -0.05) is 11.8 Å².